The third-order valence-electron chi connectivity index (χ3n) is 4.68. The summed E-state index contributed by atoms with van der Waals surface area (Å²) >= 11 is 0. The average molecular weight is 307 g/mol. The predicted molar refractivity (Wildman–Crippen MR) is 91.5 cm³/mol. The highest BCUT2D eigenvalue weighted by atomic mass is 16.5. The summed E-state index contributed by atoms with van der Waals surface area (Å²) in [6, 6.07) is 17.0. The van der Waals surface area contributed by atoms with Crippen LogP contribution in [-0.2, 0) is 11.3 Å². The van der Waals surface area contributed by atoms with Crippen LogP contribution in [0.1, 0.15) is 23.5 Å². The molecule has 2 atom stereocenters. The summed E-state index contributed by atoms with van der Waals surface area (Å²) in [6.45, 7) is 2.57. The van der Waals surface area contributed by atoms with E-state index in [1.807, 2.05) is 6.26 Å². The van der Waals surface area contributed by atoms with Crippen LogP contribution >= 0.6 is 0 Å². The number of nitrogens with one attached hydrogen (secondary N) is 1. The number of hydrogen-bond donors (Lipinski definition) is 1. The molecule has 0 bridgehead atoms. The van der Waals surface area contributed by atoms with Crippen molar-refractivity contribution in [3.63, 3.8) is 0 Å². The van der Waals surface area contributed by atoms with Gasteiger partial charge in [-0.1, -0.05) is 36.4 Å². The van der Waals surface area contributed by atoms with E-state index in [1.54, 1.807) is 6.26 Å². The van der Waals surface area contributed by atoms with E-state index >= 15 is 0 Å². The second-order valence-corrected chi connectivity index (χ2v) is 6.19. The van der Waals surface area contributed by atoms with Gasteiger partial charge in [-0.05, 0) is 47.0 Å². The summed E-state index contributed by atoms with van der Waals surface area (Å²) in [5, 5.41) is 5.97. The lowest BCUT2D eigenvalue weighted by atomic mass is 9.89. The molecule has 0 saturated carbocycles. The molecule has 2 aromatic carbocycles. The normalized spacial score (nSPS) is 21.6. The minimum absolute atomic E-state index is 0.188. The van der Waals surface area contributed by atoms with Crippen molar-refractivity contribution >= 4 is 10.8 Å². The molecule has 1 aliphatic rings. The molecular weight excluding hydrogens is 286 g/mol. The van der Waals surface area contributed by atoms with Gasteiger partial charge in [-0.25, -0.2) is 0 Å². The summed E-state index contributed by atoms with van der Waals surface area (Å²) in [5.74, 6) is 0.412. The number of rotatable bonds is 4. The van der Waals surface area contributed by atoms with Gasteiger partial charge in [0.2, 0.25) is 0 Å². The van der Waals surface area contributed by atoms with Crippen LogP contribution < -0.4 is 5.32 Å². The lowest BCUT2D eigenvalue weighted by Gasteiger charge is -2.31. The third-order valence-corrected chi connectivity index (χ3v) is 4.68. The molecule has 0 radical (unpaired) electrons. The zero-order valence-corrected chi connectivity index (χ0v) is 13.1. The van der Waals surface area contributed by atoms with Crippen LogP contribution in [0.3, 0.4) is 0 Å². The first-order valence-corrected chi connectivity index (χ1v) is 8.22. The first-order chi connectivity index (χ1) is 11.4. The molecule has 3 heteroatoms. The quantitative estimate of drug-likeness (QED) is 0.788. The van der Waals surface area contributed by atoms with Gasteiger partial charge in [0.05, 0.1) is 25.2 Å². The van der Waals surface area contributed by atoms with Crippen LogP contribution in [0.25, 0.3) is 10.8 Å². The molecule has 3 aromatic rings. The number of fused-ring (bicyclic) bond motifs is 1. The van der Waals surface area contributed by atoms with E-state index in [1.165, 1.54) is 21.9 Å². The molecule has 0 amide bonds. The molecule has 1 N–H and O–H groups in total. The molecule has 0 aliphatic carbocycles. The van der Waals surface area contributed by atoms with E-state index in [-0.39, 0.29) is 6.10 Å². The summed E-state index contributed by atoms with van der Waals surface area (Å²) < 4.78 is 11.5. The SMILES string of the molecule is c1ccc2cc(COC3CNCCC3c3ccoc3)ccc2c1. The van der Waals surface area contributed by atoms with Crippen molar-refractivity contribution in [1.82, 2.24) is 5.32 Å². The molecule has 118 valence electrons. The third kappa shape index (κ3) is 3.16. The van der Waals surface area contributed by atoms with Crippen molar-refractivity contribution < 1.29 is 9.15 Å². The maximum atomic E-state index is 6.25. The van der Waals surface area contributed by atoms with Crippen LogP contribution in [0.5, 0.6) is 0 Å². The van der Waals surface area contributed by atoms with Crippen molar-refractivity contribution in [3.8, 4) is 0 Å². The highest BCUT2D eigenvalue weighted by Crippen LogP contribution is 2.29. The average Bonchev–Trinajstić information content (AvgIpc) is 3.14. The fraction of sp³-hybridized carbons (Fsp3) is 0.300. The monoisotopic (exact) mass is 307 g/mol. The maximum Gasteiger partial charge on any atom is 0.0938 e. The first kappa shape index (κ1) is 14.5. The fourth-order valence-electron chi connectivity index (χ4n) is 3.40. The maximum absolute atomic E-state index is 6.25. The van der Waals surface area contributed by atoms with E-state index < -0.39 is 0 Å². The Kier molecular flexibility index (Phi) is 4.14. The lowest BCUT2D eigenvalue weighted by Crippen LogP contribution is -2.40. The zero-order chi connectivity index (χ0) is 15.5. The van der Waals surface area contributed by atoms with Gasteiger partial charge in [0.1, 0.15) is 0 Å². The van der Waals surface area contributed by atoms with Gasteiger partial charge in [0, 0.05) is 12.5 Å². The Bertz CT molecular complexity index is 766. The van der Waals surface area contributed by atoms with Gasteiger partial charge >= 0.3 is 0 Å². The molecular formula is C20H21NO2. The Labute approximate surface area is 136 Å². The van der Waals surface area contributed by atoms with Gasteiger partial charge < -0.3 is 14.5 Å². The van der Waals surface area contributed by atoms with Crippen molar-refractivity contribution in [1.29, 1.82) is 0 Å². The second-order valence-electron chi connectivity index (χ2n) is 6.19. The number of piperidine rings is 1. The Morgan fingerprint density at radius 3 is 2.87 bits per heavy atom. The predicted octanol–water partition coefficient (Wildman–Crippen LogP) is 4.10. The first-order valence-electron chi connectivity index (χ1n) is 8.22. The van der Waals surface area contributed by atoms with Crippen LogP contribution in [-0.4, -0.2) is 19.2 Å². The Morgan fingerprint density at radius 2 is 2.00 bits per heavy atom. The summed E-state index contributed by atoms with van der Waals surface area (Å²) in [4.78, 5) is 0. The lowest BCUT2D eigenvalue weighted by molar-refractivity contribution is 0.0105. The minimum Gasteiger partial charge on any atom is -0.472 e. The number of ether oxygens (including phenoxy) is 1. The van der Waals surface area contributed by atoms with E-state index in [2.05, 4.69) is 53.8 Å². The van der Waals surface area contributed by atoms with Gasteiger partial charge in [0.15, 0.2) is 0 Å². The van der Waals surface area contributed by atoms with E-state index in [4.69, 9.17) is 9.15 Å². The fourth-order valence-corrected chi connectivity index (χ4v) is 3.40. The van der Waals surface area contributed by atoms with Crippen LogP contribution in [0.2, 0.25) is 0 Å². The molecule has 1 aliphatic heterocycles. The number of benzene rings is 2. The Hall–Kier alpha value is -2.10. The molecule has 3 nitrogen and oxygen atoms in total. The molecule has 2 heterocycles. The van der Waals surface area contributed by atoms with Crippen molar-refractivity contribution in [2.75, 3.05) is 13.1 Å². The van der Waals surface area contributed by atoms with Crippen molar-refractivity contribution in [2.45, 2.75) is 25.0 Å². The highest BCUT2D eigenvalue weighted by Gasteiger charge is 2.27. The Balaban J connectivity index is 1.47. The molecule has 1 fully saturated rings. The van der Waals surface area contributed by atoms with Crippen molar-refractivity contribution in [3.05, 3.63) is 72.2 Å². The van der Waals surface area contributed by atoms with Crippen LogP contribution in [0.15, 0.2) is 65.5 Å². The second kappa shape index (κ2) is 6.57. The summed E-state index contributed by atoms with van der Waals surface area (Å²) in [6.07, 6.45) is 4.87. The summed E-state index contributed by atoms with van der Waals surface area (Å²) in [7, 11) is 0. The van der Waals surface area contributed by atoms with Gasteiger partial charge in [-0.3, -0.25) is 0 Å². The van der Waals surface area contributed by atoms with E-state index in [0.717, 1.165) is 19.5 Å². The number of furan rings is 1. The topological polar surface area (TPSA) is 34.4 Å². The van der Waals surface area contributed by atoms with E-state index in [9.17, 15) is 0 Å². The Morgan fingerprint density at radius 1 is 1.09 bits per heavy atom. The standard InChI is InChI=1S/C20H21NO2/c1-2-4-17-11-15(5-6-16(17)3-1)13-23-20-12-21-9-7-19(20)18-8-10-22-14-18/h1-6,8,10-11,14,19-21H,7,9,12-13H2. The summed E-state index contributed by atoms with van der Waals surface area (Å²) in [5.41, 5.74) is 2.47. The molecule has 1 aromatic heterocycles. The molecule has 4 rings (SSSR count). The zero-order valence-electron chi connectivity index (χ0n) is 13.1. The van der Waals surface area contributed by atoms with E-state index in [0.29, 0.717) is 12.5 Å². The van der Waals surface area contributed by atoms with Gasteiger partial charge in [-0.15, -0.1) is 0 Å². The largest absolute Gasteiger partial charge is 0.472 e. The molecule has 23 heavy (non-hydrogen) atoms. The van der Waals surface area contributed by atoms with Crippen LogP contribution in [0.4, 0.5) is 0 Å². The molecule has 2 unspecified atom stereocenters. The molecule has 1 saturated heterocycles. The minimum atomic E-state index is 0.188. The number of hydrogen-bond acceptors (Lipinski definition) is 3. The molecule has 0 spiro atoms. The smallest absolute Gasteiger partial charge is 0.0938 e. The highest BCUT2D eigenvalue weighted by molar-refractivity contribution is 5.82. The van der Waals surface area contributed by atoms with Gasteiger partial charge in [0.25, 0.3) is 0 Å². The van der Waals surface area contributed by atoms with Crippen LogP contribution in [0, 0.1) is 0 Å². The van der Waals surface area contributed by atoms with Gasteiger partial charge in [-0.2, -0.15) is 0 Å². The van der Waals surface area contributed by atoms with Crippen molar-refractivity contribution in [2.24, 2.45) is 0 Å².